The first-order chi connectivity index (χ1) is 8.72. The van der Waals surface area contributed by atoms with E-state index in [0.717, 1.165) is 25.7 Å². The van der Waals surface area contributed by atoms with Crippen molar-refractivity contribution in [3.63, 3.8) is 0 Å². The third kappa shape index (κ3) is 6.75. The number of nitrogens with zero attached hydrogens (tertiary/aromatic N) is 1. The molecule has 0 N–H and O–H groups in total. The highest BCUT2D eigenvalue weighted by atomic mass is 79.9. The second kappa shape index (κ2) is 8.25. The largest absolute Gasteiger partial charge is 0.348 e. The van der Waals surface area contributed by atoms with Crippen molar-refractivity contribution >= 4 is 31.7 Å². The van der Waals surface area contributed by atoms with Gasteiger partial charge < -0.3 is 4.90 Å². The summed E-state index contributed by atoms with van der Waals surface area (Å²) in [5.41, 5.74) is -0.241. The molecule has 114 valence electrons. The average molecular weight is 356 g/mol. The van der Waals surface area contributed by atoms with Gasteiger partial charge in [0.15, 0.2) is 9.84 Å². The van der Waals surface area contributed by atoms with Crippen molar-refractivity contribution < 1.29 is 13.2 Å². The summed E-state index contributed by atoms with van der Waals surface area (Å²) in [7, 11) is -0.207. The van der Waals surface area contributed by atoms with Gasteiger partial charge >= 0.3 is 0 Å². The summed E-state index contributed by atoms with van der Waals surface area (Å²) in [5.74, 6) is -0.647. The smallest absolute Gasteiger partial charge is 0.237 e. The van der Waals surface area contributed by atoms with Crippen LogP contribution in [0.15, 0.2) is 0 Å². The quantitative estimate of drug-likeness (QED) is 0.597. The second-order valence-corrected chi connectivity index (χ2v) is 8.08. The Morgan fingerprint density at radius 2 is 1.63 bits per heavy atom. The van der Waals surface area contributed by atoms with Crippen molar-refractivity contribution in [1.82, 2.24) is 4.90 Å². The monoisotopic (exact) mass is 355 g/mol. The molecule has 0 aliphatic rings. The standard InChI is InChI=1S/C13H26BrNO3S/c1-5-7-13(10-14,8-6-2)11-19(17,18)9-12(16)15(3)4/h5-11H2,1-4H3. The minimum absolute atomic E-state index is 0.0898. The van der Waals surface area contributed by atoms with Crippen LogP contribution in [0.3, 0.4) is 0 Å². The van der Waals surface area contributed by atoms with Crippen LogP contribution in [0.5, 0.6) is 0 Å². The normalized spacial score (nSPS) is 12.5. The highest BCUT2D eigenvalue weighted by Gasteiger charge is 2.34. The molecule has 0 radical (unpaired) electrons. The molecule has 0 aliphatic carbocycles. The lowest BCUT2D eigenvalue weighted by molar-refractivity contribution is -0.125. The van der Waals surface area contributed by atoms with Crippen molar-refractivity contribution in [3.05, 3.63) is 0 Å². The minimum Gasteiger partial charge on any atom is -0.348 e. The molecule has 0 saturated heterocycles. The minimum atomic E-state index is -3.36. The zero-order chi connectivity index (χ0) is 15.1. The fourth-order valence-electron chi connectivity index (χ4n) is 2.34. The molecule has 0 aromatic rings. The molecule has 1 amide bonds. The van der Waals surface area contributed by atoms with Gasteiger partial charge in [-0.1, -0.05) is 42.6 Å². The van der Waals surface area contributed by atoms with Gasteiger partial charge in [-0.25, -0.2) is 8.42 Å². The molecule has 0 bridgehead atoms. The molecule has 19 heavy (non-hydrogen) atoms. The number of hydrogen-bond acceptors (Lipinski definition) is 3. The molecule has 0 rings (SSSR count). The van der Waals surface area contributed by atoms with Crippen LogP contribution < -0.4 is 0 Å². The molecule has 0 heterocycles. The molecule has 0 spiro atoms. The summed E-state index contributed by atoms with van der Waals surface area (Å²) >= 11 is 3.46. The first-order valence-corrected chi connectivity index (χ1v) is 9.62. The molecule has 0 atom stereocenters. The van der Waals surface area contributed by atoms with E-state index in [1.807, 2.05) is 0 Å². The van der Waals surface area contributed by atoms with Crippen LogP contribution in [0, 0.1) is 5.41 Å². The Hall–Kier alpha value is -0.100. The molecular formula is C13H26BrNO3S. The van der Waals surface area contributed by atoms with Crippen LogP contribution in [-0.2, 0) is 14.6 Å². The third-order valence-corrected chi connectivity index (χ3v) is 6.14. The maximum Gasteiger partial charge on any atom is 0.237 e. The molecule has 6 heteroatoms. The molecule has 4 nitrogen and oxygen atoms in total. The number of hydrogen-bond donors (Lipinski definition) is 0. The molecular weight excluding hydrogens is 330 g/mol. The van der Waals surface area contributed by atoms with Crippen LogP contribution in [-0.4, -0.2) is 50.2 Å². The topological polar surface area (TPSA) is 54.5 Å². The Labute approximate surface area is 126 Å². The number of rotatable bonds is 9. The maximum atomic E-state index is 12.2. The Morgan fingerprint density at radius 3 is 1.95 bits per heavy atom. The maximum absolute atomic E-state index is 12.2. The van der Waals surface area contributed by atoms with Gasteiger partial charge in [-0.15, -0.1) is 0 Å². The summed E-state index contributed by atoms with van der Waals surface area (Å²) in [6.07, 6.45) is 3.62. The zero-order valence-corrected chi connectivity index (χ0v) is 14.8. The molecule has 0 unspecified atom stereocenters. The first-order valence-electron chi connectivity index (χ1n) is 6.68. The van der Waals surface area contributed by atoms with E-state index < -0.39 is 9.84 Å². The number of alkyl halides is 1. The predicted octanol–water partition coefficient (Wildman–Crippen LogP) is 2.47. The van der Waals surface area contributed by atoms with Gasteiger partial charge in [-0.05, 0) is 18.3 Å². The summed E-state index contributed by atoms with van der Waals surface area (Å²) in [5, 5.41) is 0.664. The van der Waals surface area contributed by atoms with Crippen LogP contribution in [0.25, 0.3) is 0 Å². The molecule has 0 saturated carbocycles. The SMILES string of the molecule is CCCC(CBr)(CCC)CS(=O)(=O)CC(=O)N(C)C. The first kappa shape index (κ1) is 18.9. The molecule has 0 aliphatic heterocycles. The van der Waals surface area contributed by atoms with Gasteiger partial charge in [-0.3, -0.25) is 4.79 Å². The zero-order valence-electron chi connectivity index (χ0n) is 12.4. The molecule has 0 aromatic carbocycles. The van der Waals surface area contributed by atoms with E-state index in [2.05, 4.69) is 29.8 Å². The number of halogens is 1. The van der Waals surface area contributed by atoms with Crippen molar-refractivity contribution in [2.24, 2.45) is 5.41 Å². The molecule has 0 fully saturated rings. The fraction of sp³-hybridized carbons (Fsp3) is 0.923. The molecule has 0 aromatic heterocycles. The number of carbonyl (C=O) groups is 1. The number of carbonyl (C=O) groups excluding carboxylic acids is 1. The van der Waals surface area contributed by atoms with E-state index in [9.17, 15) is 13.2 Å². The lowest BCUT2D eigenvalue weighted by Gasteiger charge is -2.31. The Balaban J connectivity index is 4.96. The van der Waals surface area contributed by atoms with Gasteiger partial charge in [0.1, 0.15) is 5.75 Å². The highest BCUT2D eigenvalue weighted by Crippen LogP contribution is 2.34. The predicted molar refractivity (Wildman–Crippen MR) is 83.4 cm³/mol. The lowest BCUT2D eigenvalue weighted by atomic mass is 9.83. The van der Waals surface area contributed by atoms with Crippen LogP contribution in [0.4, 0.5) is 0 Å². The fourth-order valence-corrected chi connectivity index (χ4v) is 5.42. The Bertz CT molecular complexity index is 373. The summed E-state index contributed by atoms with van der Waals surface area (Å²) in [6, 6.07) is 0. The van der Waals surface area contributed by atoms with Gasteiger partial charge in [0, 0.05) is 19.4 Å². The van der Waals surface area contributed by atoms with Crippen LogP contribution in [0.1, 0.15) is 39.5 Å². The van der Waals surface area contributed by atoms with Crippen LogP contribution in [0.2, 0.25) is 0 Å². The van der Waals surface area contributed by atoms with Crippen molar-refractivity contribution in [2.45, 2.75) is 39.5 Å². The van der Waals surface area contributed by atoms with E-state index in [4.69, 9.17) is 0 Å². The number of amides is 1. The summed E-state index contributed by atoms with van der Waals surface area (Å²) < 4.78 is 24.4. The van der Waals surface area contributed by atoms with Gasteiger partial charge in [0.2, 0.25) is 5.91 Å². The van der Waals surface area contributed by atoms with E-state index >= 15 is 0 Å². The highest BCUT2D eigenvalue weighted by molar-refractivity contribution is 9.09. The Morgan fingerprint density at radius 1 is 1.16 bits per heavy atom. The van der Waals surface area contributed by atoms with E-state index in [1.54, 1.807) is 14.1 Å². The van der Waals surface area contributed by atoms with E-state index in [1.165, 1.54) is 4.90 Å². The van der Waals surface area contributed by atoms with Crippen molar-refractivity contribution in [1.29, 1.82) is 0 Å². The van der Waals surface area contributed by atoms with Crippen molar-refractivity contribution in [3.8, 4) is 0 Å². The second-order valence-electron chi connectivity index (χ2n) is 5.45. The van der Waals surface area contributed by atoms with Gasteiger partial charge in [0.25, 0.3) is 0 Å². The average Bonchev–Trinajstić information content (AvgIpc) is 2.28. The van der Waals surface area contributed by atoms with Gasteiger partial charge in [0.05, 0.1) is 5.75 Å². The Kier molecular flexibility index (Phi) is 8.20. The third-order valence-electron chi connectivity index (χ3n) is 3.21. The summed E-state index contributed by atoms with van der Waals surface area (Å²) in [4.78, 5) is 12.9. The van der Waals surface area contributed by atoms with Crippen molar-refractivity contribution in [2.75, 3.05) is 30.9 Å². The lowest BCUT2D eigenvalue weighted by Crippen LogP contribution is -2.37. The summed E-state index contributed by atoms with van der Waals surface area (Å²) in [6.45, 7) is 4.12. The van der Waals surface area contributed by atoms with Gasteiger partial charge in [-0.2, -0.15) is 0 Å². The van der Waals surface area contributed by atoms with Crippen LogP contribution >= 0.6 is 15.9 Å². The number of sulfone groups is 1. The van der Waals surface area contributed by atoms with E-state index in [-0.39, 0.29) is 22.8 Å². The van der Waals surface area contributed by atoms with E-state index in [0.29, 0.717) is 5.33 Å².